The molecule has 4 fully saturated rings. The van der Waals surface area contributed by atoms with E-state index in [2.05, 4.69) is 6.92 Å². The maximum atomic E-state index is 12.7. The lowest BCUT2D eigenvalue weighted by atomic mass is 9.44. The minimum Gasteiger partial charge on any atom is -0.396 e. The quantitative estimate of drug-likeness (QED) is 0.812. The third-order valence-corrected chi connectivity index (χ3v) is 9.20. The summed E-state index contributed by atoms with van der Waals surface area (Å²) in [4.78, 5) is 12.7. The topological polar surface area (TPSA) is 57.5 Å². The van der Waals surface area contributed by atoms with Crippen LogP contribution in [0, 0.1) is 40.4 Å². The van der Waals surface area contributed by atoms with Gasteiger partial charge < -0.3 is 10.2 Å². The Bertz CT molecular complexity index is 517. The second-order valence-corrected chi connectivity index (χ2v) is 9.68. The van der Waals surface area contributed by atoms with E-state index in [4.69, 9.17) is 0 Å². The van der Waals surface area contributed by atoms with E-state index in [1.807, 2.05) is 0 Å². The zero-order valence-electron chi connectivity index (χ0n) is 15.3. The molecule has 0 radical (unpaired) electrons. The number of hydrogen-bond acceptors (Lipinski definition) is 3. The van der Waals surface area contributed by atoms with Crippen LogP contribution in [0.4, 0.5) is 0 Å². The molecule has 0 aromatic rings. The zero-order valence-corrected chi connectivity index (χ0v) is 15.3. The van der Waals surface area contributed by atoms with Crippen LogP contribution in [-0.4, -0.2) is 28.7 Å². The Labute approximate surface area is 146 Å². The fourth-order valence-electron chi connectivity index (χ4n) is 8.00. The van der Waals surface area contributed by atoms with Crippen molar-refractivity contribution in [2.45, 2.75) is 77.7 Å². The minimum atomic E-state index is -0.229. The van der Waals surface area contributed by atoms with Crippen molar-refractivity contribution in [3.8, 4) is 0 Å². The highest BCUT2D eigenvalue weighted by Crippen LogP contribution is 2.67. The summed E-state index contributed by atoms with van der Waals surface area (Å²) in [6.07, 6.45) is 9.77. The van der Waals surface area contributed by atoms with Crippen LogP contribution in [0.15, 0.2) is 0 Å². The summed E-state index contributed by atoms with van der Waals surface area (Å²) in [6.45, 7) is 4.45. The number of rotatable bonds is 2. The van der Waals surface area contributed by atoms with Crippen LogP contribution in [0.3, 0.4) is 0 Å². The molecule has 8 atom stereocenters. The molecule has 2 N–H and O–H groups in total. The van der Waals surface area contributed by atoms with Crippen LogP contribution in [0.1, 0.15) is 71.6 Å². The van der Waals surface area contributed by atoms with Crippen molar-refractivity contribution in [3.05, 3.63) is 0 Å². The van der Waals surface area contributed by atoms with Crippen molar-refractivity contribution in [3.63, 3.8) is 0 Å². The van der Waals surface area contributed by atoms with Crippen LogP contribution in [0.2, 0.25) is 0 Å². The predicted molar refractivity (Wildman–Crippen MR) is 93.3 cm³/mol. The van der Waals surface area contributed by atoms with E-state index in [0.717, 1.165) is 50.9 Å². The Hall–Kier alpha value is -0.410. The van der Waals surface area contributed by atoms with E-state index in [1.165, 1.54) is 12.8 Å². The Morgan fingerprint density at radius 2 is 1.83 bits per heavy atom. The number of ketones is 1. The molecule has 4 aliphatic rings. The number of Topliss-reactive ketones (excluding diaryl/α,β-unsaturated/α-hetero) is 1. The number of carbonyl (C=O) groups is 1. The number of fused-ring (bicyclic) bond motifs is 5. The number of hydrogen-bond donors (Lipinski definition) is 2. The minimum absolute atomic E-state index is 0.0928. The van der Waals surface area contributed by atoms with E-state index < -0.39 is 0 Å². The number of aliphatic hydroxyl groups is 2. The Balaban J connectivity index is 1.66. The Morgan fingerprint density at radius 1 is 1.04 bits per heavy atom. The molecule has 0 bridgehead atoms. The SMILES string of the molecule is CC(=O)[C@@]12CCC3C(CC[C@H]4C[C@H](O)CC[C@]34C)C1CC[C@@H]2CO. The van der Waals surface area contributed by atoms with Crippen molar-refractivity contribution in [1.82, 2.24) is 0 Å². The fraction of sp³-hybridized carbons (Fsp3) is 0.952. The monoisotopic (exact) mass is 334 g/mol. The van der Waals surface area contributed by atoms with Gasteiger partial charge in [0.15, 0.2) is 0 Å². The van der Waals surface area contributed by atoms with E-state index in [9.17, 15) is 15.0 Å². The first-order valence-corrected chi connectivity index (χ1v) is 10.2. The van der Waals surface area contributed by atoms with Gasteiger partial charge in [0.25, 0.3) is 0 Å². The lowest BCUT2D eigenvalue weighted by molar-refractivity contribution is -0.155. The standard InChI is InChI=1S/C21H34O3/c1-13(23)21-10-8-18-17(19(21)6-4-15(21)12-22)5-3-14-11-16(24)7-9-20(14,18)2/h14-19,22,24H,3-12H2,1-2H3/t14-,15+,16+,17?,18?,19?,20-,21+/m0/s1. The lowest BCUT2D eigenvalue weighted by Gasteiger charge is -2.61. The van der Waals surface area contributed by atoms with Crippen molar-refractivity contribution in [1.29, 1.82) is 0 Å². The first-order valence-electron chi connectivity index (χ1n) is 10.2. The predicted octanol–water partition coefficient (Wildman–Crippen LogP) is 3.57. The molecule has 0 heterocycles. The van der Waals surface area contributed by atoms with Crippen LogP contribution in [-0.2, 0) is 4.79 Å². The molecule has 3 nitrogen and oxygen atoms in total. The summed E-state index contributed by atoms with van der Waals surface area (Å²) >= 11 is 0. The van der Waals surface area contributed by atoms with Gasteiger partial charge in [-0.05, 0) is 99.7 Å². The normalized spacial score (nSPS) is 53.8. The van der Waals surface area contributed by atoms with Gasteiger partial charge in [-0.25, -0.2) is 0 Å². The van der Waals surface area contributed by atoms with Gasteiger partial charge in [0.1, 0.15) is 5.78 Å². The molecule has 136 valence electrons. The number of aliphatic hydroxyl groups excluding tert-OH is 2. The molecular formula is C21H34O3. The summed E-state index contributed by atoms with van der Waals surface area (Å²) < 4.78 is 0. The molecule has 0 aliphatic heterocycles. The molecule has 0 amide bonds. The first kappa shape index (κ1) is 17.0. The van der Waals surface area contributed by atoms with E-state index in [0.29, 0.717) is 29.0 Å². The average Bonchev–Trinajstić information content (AvgIpc) is 2.95. The first-order chi connectivity index (χ1) is 11.4. The molecule has 0 saturated heterocycles. The molecule has 0 spiro atoms. The molecule has 3 heteroatoms. The maximum Gasteiger partial charge on any atom is 0.136 e. The molecular weight excluding hydrogens is 300 g/mol. The summed E-state index contributed by atoms with van der Waals surface area (Å²) in [7, 11) is 0. The Morgan fingerprint density at radius 3 is 2.54 bits per heavy atom. The summed E-state index contributed by atoms with van der Waals surface area (Å²) in [6, 6.07) is 0. The van der Waals surface area contributed by atoms with Gasteiger partial charge in [0.2, 0.25) is 0 Å². The molecule has 0 aromatic carbocycles. The van der Waals surface area contributed by atoms with Crippen LogP contribution in [0.5, 0.6) is 0 Å². The third kappa shape index (κ3) is 2.13. The van der Waals surface area contributed by atoms with Gasteiger partial charge in [0, 0.05) is 12.0 Å². The third-order valence-electron chi connectivity index (χ3n) is 9.20. The molecule has 24 heavy (non-hydrogen) atoms. The molecule has 4 aliphatic carbocycles. The van der Waals surface area contributed by atoms with Gasteiger partial charge >= 0.3 is 0 Å². The van der Waals surface area contributed by atoms with Crippen molar-refractivity contribution in [2.24, 2.45) is 40.4 Å². The number of carbonyl (C=O) groups excluding carboxylic acids is 1. The van der Waals surface area contributed by atoms with Crippen LogP contribution in [0.25, 0.3) is 0 Å². The zero-order chi connectivity index (χ0) is 17.1. The molecule has 4 saturated carbocycles. The van der Waals surface area contributed by atoms with Crippen molar-refractivity contribution >= 4 is 5.78 Å². The van der Waals surface area contributed by atoms with Gasteiger partial charge in [-0.15, -0.1) is 0 Å². The maximum absolute atomic E-state index is 12.7. The van der Waals surface area contributed by atoms with E-state index in [-0.39, 0.29) is 24.0 Å². The lowest BCUT2D eigenvalue weighted by Crippen LogP contribution is -2.56. The summed E-state index contributed by atoms with van der Waals surface area (Å²) in [5.74, 6) is 3.08. The van der Waals surface area contributed by atoms with E-state index >= 15 is 0 Å². The van der Waals surface area contributed by atoms with Crippen LogP contribution < -0.4 is 0 Å². The molecule has 0 aromatic heterocycles. The second-order valence-electron chi connectivity index (χ2n) is 9.68. The van der Waals surface area contributed by atoms with Gasteiger partial charge in [-0.1, -0.05) is 6.92 Å². The largest absolute Gasteiger partial charge is 0.396 e. The second kappa shape index (κ2) is 5.81. The van der Waals surface area contributed by atoms with Gasteiger partial charge in [0.05, 0.1) is 6.10 Å². The van der Waals surface area contributed by atoms with Crippen molar-refractivity contribution in [2.75, 3.05) is 6.61 Å². The molecule has 4 rings (SSSR count). The highest BCUT2D eigenvalue weighted by molar-refractivity contribution is 5.83. The summed E-state index contributed by atoms with van der Waals surface area (Å²) in [5.41, 5.74) is 0.135. The Kier molecular flexibility index (Phi) is 4.12. The summed E-state index contributed by atoms with van der Waals surface area (Å²) in [5, 5.41) is 20.0. The van der Waals surface area contributed by atoms with Gasteiger partial charge in [-0.2, -0.15) is 0 Å². The fourth-order valence-corrected chi connectivity index (χ4v) is 8.00. The van der Waals surface area contributed by atoms with Gasteiger partial charge in [-0.3, -0.25) is 4.79 Å². The van der Waals surface area contributed by atoms with Crippen LogP contribution >= 0.6 is 0 Å². The molecule has 3 unspecified atom stereocenters. The van der Waals surface area contributed by atoms with Crippen molar-refractivity contribution < 1.29 is 15.0 Å². The average molecular weight is 335 g/mol. The highest BCUT2D eigenvalue weighted by atomic mass is 16.3. The highest BCUT2D eigenvalue weighted by Gasteiger charge is 2.63. The smallest absolute Gasteiger partial charge is 0.136 e. The van der Waals surface area contributed by atoms with E-state index in [1.54, 1.807) is 6.92 Å².